The fourth-order valence-electron chi connectivity index (χ4n) is 1.72. The van der Waals surface area contributed by atoms with E-state index in [0.717, 1.165) is 16.8 Å². The van der Waals surface area contributed by atoms with Gasteiger partial charge >= 0.3 is 0 Å². The number of nitrogens with zero attached hydrogens (tertiary/aromatic N) is 2. The molecule has 1 heterocycles. The van der Waals surface area contributed by atoms with Gasteiger partial charge in [0.05, 0.1) is 0 Å². The Bertz CT molecular complexity index is 612. The second-order valence-corrected chi connectivity index (χ2v) is 4.10. The Hall–Kier alpha value is -2.63. The van der Waals surface area contributed by atoms with Crippen LogP contribution in [0.5, 0.6) is 0 Å². The van der Waals surface area contributed by atoms with Crippen molar-refractivity contribution in [2.75, 3.05) is 11.1 Å². The topological polar surface area (TPSA) is 107 Å². The summed E-state index contributed by atoms with van der Waals surface area (Å²) in [5.41, 5.74) is 14.0. The molecule has 0 spiro atoms. The molecule has 0 atom stereocenters. The molecule has 19 heavy (non-hydrogen) atoms. The number of nitrogens with one attached hydrogen (secondary N) is 1. The number of rotatable bonds is 4. The molecule has 5 N–H and O–H groups in total. The molecule has 0 unspecified atom stereocenters. The number of anilines is 2. The Morgan fingerprint density at radius 2 is 2.05 bits per heavy atom. The van der Waals surface area contributed by atoms with Crippen molar-refractivity contribution in [1.29, 1.82) is 0 Å². The zero-order chi connectivity index (χ0) is 13.8. The normalized spacial score (nSPS) is 10.2. The minimum Gasteiger partial charge on any atom is -0.399 e. The molecule has 0 aliphatic carbocycles. The fourth-order valence-corrected chi connectivity index (χ4v) is 1.72. The Morgan fingerprint density at radius 3 is 2.79 bits per heavy atom. The SMILES string of the molecule is Cc1c(N)cccc1CNc1nccnc1C(N)=O. The molecule has 2 rings (SSSR count). The molecule has 6 heteroatoms. The van der Waals surface area contributed by atoms with E-state index in [1.54, 1.807) is 0 Å². The van der Waals surface area contributed by atoms with Crippen LogP contribution in [0.2, 0.25) is 0 Å². The number of nitrogen functional groups attached to an aromatic ring is 1. The number of hydrogen-bond acceptors (Lipinski definition) is 5. The molecule has 2 aromatic rings. The van der Waals surface area contributed by atoms with E-state index in [4.69, 9.17) is 11.5 Å². The summed E-state index contributed by atoms with van der Waals surface area (Å²) in [7, 11) is 0. The summed E-state index contributed by atoms with van der Waals surface area (Å²) in [4.78, 5) is 19.2. The van der Waals surface area contributed by atoms with Gasteiger partial charge in [0.15, 0.2) is 11.5 Å². The van der Waals surface area contributed by atoms with E-state index in [9.17, 15) is 4.79 Å². The summed E-state index contributed by atoms with van der Waals surface area (Å²) in [6.07, 6.45) is 2.93. The number of hydrogen-bond donors (Lipinski definition) is 3. The number of carbonyl (C=O) groups excluding carboxylic acids is 1. The van der Waals surface area contributed by atoms with Gasteiger partial charge in [-0.05, 0) is 24.1 Å². The highest BCUT2D eigenvalue weighted by molar-refractivity contribution is 5.95. The fraction of sp³-hybridized carbons (Fsp3) is 0.154. The summed E-state index contributed by atoms with van der Waals surface area (Å²) in [5.74, 6) is -0.239. The van der Waals surface area contributed by atoms with Crippen molar-refractivity contribution < 1.29 is 4.79 Å². The van der Waals surface area contributed by atoms with Crippen LogP contribution >= 0.6 is 0 Å². The highest BCUT2D eigenvalue weighted by Crippen LogP contribution is 2.17. The number of carbonyl (C=O) groups is 1. The van der Waals surface area contributed by atoms with Crippen molar-refractivity contribution in [2.24, 2.45) is 5.73 Å². The van der Waals surface area contributed by atoms with Crippen LogP contribution in [-0.4, -0.2) is 15.9 Å². The Balaban J connectivity index is 2.19. The summed E-state index contributed by atoms with van der Waals surface area (Å²) in [5, 5.41) is 3.05. The Morgan fingerprint density at radius 1 is 1.32 bits per heavy atom. The third-order valence-corrected chi connectivity index (χ3v) is 2.87. The van der Waals surface area contributed by atoms with Gasteiger partial charge in [-0.1, -0.05) is 12.1 Å². The smallest absolute Gasteiger partial charge is 0.271 e. The monoisotopic (exact) mass is 257 g/mol. The van der Waals surface area contributed by atoms with Crippen molar-refractivity contribution in [1.82, 2.24) is 9.97 Å². The molecule has 98 valence electrons. The van der Waals surface area contributed by atoms with Gasteiger partial charge in [0, 0.05) is 24.6 Å². The summed E-state index contributed by atoms with van der Waals surface area (Å²) in [6, 6.07) is 5.68. The lowest BCUT2D eigenvalue weighted by Gasteiger charge is -2.11. The highest BCUT2D eigenvalue weighted by Gasteiger charge is 2.10. The van der Waals surface area contributed by atoms with Crippen LogP contribution in [0, 0.1) is 6.92 Å². The lowest BCUT2D eigenvalue weighted by molar-refractivity contribution is 0.0996. The van der Waals surface area contributed by atoms with Gasteiger partial charge in [-0.2, -0.15) is 0 Å². The molecule has 0 fully saturated rings. The largest absolute Gasteiger partial charge is 0.399 e. The molecule has 0 aliphatic heterocycles. The number of aromatic nitrogens is 2. The Labute approximate surface area is 110 Å². The predicted molar refractivity (Wildman–Crippen MR) is 73.5 cm³/mol. The van der Waals surface area contributed by atoms with Crippen LogP contribution in [-0.2, 0) is 6.54 Å². The molecular weight excluding hydrogens is 242 g/mol. The second kappa shape index (κ2) is 5.34. The predicted octanol–water partition coefficient (Wildman–Crippen LogP) is 1.08. The Kier molecular flexibility index (Phi) is 3.61. The van der Waals surface area contributed by atoms with Crippen LogP contribution in [0.3, 0.4) is 0 Å². The van der Waals surface area contributed by atoms with Gasteiger partial charge in [-0.3, -0.25) is 4.79 Å². The molecule has 0 saturated carbocycles. The molecule has 0 saturated heterocycles. The van der Waals surface area contributed by atoms with E-state index in [1.165, 1.54) is 12.4 Å². The first kappa shape index (κ1) is 12.8. The average Bonchev–Trinajstić information content (AvgIpc) is 2.40. The molecule has 1 aromatic heterocycles. The molecule has 6 nitrogen and oxygen atoms in total. The van der Waals surface area contributed by atoms with Gasteiger partial charge in [0.1, 0.15) is 0 Å². The van der Waals surface area contributed by atoms with Crippen LogP contribution < -0.4 is 16.8 Å². The number of primary amides is 1. The maximum atomic E-state index is 11.2. The summed E-state index contributed by atoms with van der Waals surface area (Å²) < 4.78 is 0. The van der Waals surface area contributed by atoms with Crippen molar-refractivity contribution in [2.45, 2.75) is 13.5 Å². The standard InChI is InChI=1S/C13H15N5O/c1-8-9(3-2-4-10(8)14)7-18-13-11(12(15)19)16-5-6-17-13/h2-6H,7,14H2,1H3,(H2,15,19)(H,17,18). The zero-order valence-corrected chi connectivity index (χ0v) is 10.6. The molecule has 1 amide bonds. The van der Waals surface area contributed by atoms with Crippen LogP contribution in [0.15, 0.2) is 30.6 Å². The first-order valence-electron chi connectivity index (χ1n) is 5.78. The zero-order valence-electron chi connectivity index (χ0n) is 10.6. The first-order chi connectivity index (χ1) is 9.09. The maximum Gasteiger partial charge on any atom is 0.271 e. The average molecular weight is 257 g/mol. The van der Waals surface area contributed by atoms with Gasteiger partial charge in [0.25, 0.3) is 5.91 Å². The third kappa shape index (κ3) is 2.79. The van der Waals surface area contributed by atoms with E-state index in [-0.39, 0.29) is 5.69 Å². The number of amides is 1. The lowest BCUT2D eigenvalue weighted by Crippen LogP contribution is -2.17. The van der Waals surface area contributed by atoms with Gasteiger partial charge in [-0.15, -0.1) is 0 Å². The van der Waals surface area contributed by atoms with Crippen LogP contribution in [0.4, 0.5) is 11.5 Å². The maximum absolute atomic E-state index is 11.2. The first-order valence-corrected chi connectivity index (χ1v) is 5.78. The summed E-state index contributed by atoms with van der Waals surface area (Å²) >= 11 is 0. The van der Waals surface area contributed by atoms with E-state index in [2.05, 4.69) is 15.3 Å². The van der Waals surface area contributed by atoms with Gasteiger partial charge in [0.2, 0.25) is 0 Å². The number of nitrogens with two attached hydrogens (primary N) is 2. The molecular formula is C13H15N5O. The minimum absolute atomic E-state index is 0.129. The van der Waals surface area contributed by atoms with E-state index in [0.29, 0.717) is 12.4 Å². The molecule has 0 bridgehead atoms. The quantitative estimate of drug-likeness (QED) is 0.710. The third-order valence-electron chi connectivity index (χ3n) is 2.87. The molecule has 0 radical (unpaired) electrons. The second-order valence-electron chi connectivity index (χ2n) is 4.10. The molecule has 0 aliphatic rings. The van der Waals surface area contributed by atoms with E-state index < -0.39 is 5.91 Å². The van der Waals surface area contributed by atoms with Gasteiger partial charge < -0.3 is 16.8 Å². The van der Waals surface area contributed by atoms with Crippen LogP contribution in [0.1, 0.15) is 21.6 Å². The van der Waals surface area contributed by atoms with Crippen molar-refractivity contribution >= 4 is 17.4 Å². The van der Waals surface area contributed by atoms with Gasteiger partial charge in [-0.25, -0.2) is 9.97 Å². The van der Waals surface area contributed by atoms with Crippen molar-refractivity contribution in [3.63, 3.8) is 0 Å². The summed E-state index contributed by atoms with van der Waals surface area (Å²) in [6.45, 7) is 2.44. The van der Waals surface area contributed by atoms with Crippen molar-refractivity contribution in [3.8, 4) is 0 Å². The lowest BCUT2D eigenvalue weighted by atomic mass is 10.1. The van der Waals surface area contributed by atoms with Crippen molar-refractivity contribution in [3.05, 3.63) is 47.4 Å². The van der Waals surface area contributed by atoms with E-state index in [1.807, 2.05) is 25.1 Å². The number of benzene rings is 1. The molecule has 1 aromatic carbocycles. The minimum atomic E-state index is -0.611. The highest BCUT2D eigenvalue weighted by atomic mass is 16.1. The van der Waals surface area contributed by atoms with E-state index >= 15 is 0 Å². The van der Waals surface area contributed by atoms with Crippen LogP contribution in [0.25, 0.3) is 0 Å².